The van der Waals surface area contributed by atoms with Crippen LogP contribution in [0, 0.1) is 5.92 Å². The van der Waals surface area contributed by atoms with Gasteiger partial charge in [-0.15, -0.1) is 10.2 Å². The molecule has 33 heavy (non-hydrogen) atoms. The molecule has 1 amide bonds. The van der Waals surface area contributed by atoms with E-state index in [2.05, 4.69) is 35.9 Å². The lowest BCUT2D eigenvalue weighted by atomic mass is 10.1. The van der Waals surface area contributed by atoms with Gasteiger partial charge in [0.1, 0.15) is 11.6 Å². The van der Waals surface area contributed by atoms with Crippen molar-refractivity contribution in [3.05, 3.63) is 42.5 Å². The molecule has 1 aliphatic carbocycles. The average molecular weight is 447 g/mol. The average Bonchev–Trinajstić information content (AvgIpc) is 3.38. The normalized spacial score (nSPS) is 14.3. The molecular weight excluding hydrogens is 420 g/mol. The summed E-state index contributed by atoms with van der Waals surface area (Å²) in [6.07, 6.45) is 7.43. The van der Waals surface area contributed by atoms with E-state index in [0.717, 1.165) is 41.5 Å². The molecule has 4 aromatic heterocycles. The highest BCUT2D eigenvalue weighted by Gasteiger charge is 2.29. The molecule has 1 saturated carbocycles. The number of aryl methyl sites for hydroxylation is 1. The van der Waals surface area contributed by atoms with Gasteiger partial charge in [-0.25, -0.2) is 9.97 Å². The van der Waals surface area contributed by atoms with Gasteiger partial charge in [-0.05, 0) is 30.5 Å². The lowest BCUT2D eigenvalue weighted by Gasteiger charge is -2.20. The van der Waals surface area contributed by atoms with Gasteiger partial charge >= 0.3 is 0 Å². The molecule has 5 rings (SSSR count). The van der Waals surface area contributed by atoms with Crippen LogP contribution in [0.15, 0.2) is 36.7 Å². The third kappa shape index (κ3) is 4.21. The first kappa shape index (κ1) is 20.9. The second-order valence-electron chi connectivity index (χ2n) is 8.50. The Balaban J connectivity index is 1.54. The number of fused-ring (bicyclic) bond motifs is 1. The Bertz CT molecular complexity index is 1290. The fourth-order valence-electron chi connectivity index (χ4n) is 3.93. The van der Waals surface area contributed by atoms with Gasteiger partial charge in [0.2, 0.25) is 12.4 Å². The highest BCUT2D eigenvalue weighted by atomic mass is 16.1. The standard InChI is InChI=1S/C22H26N10O/c1-30(2)20-12-15(16-6-8-23-22(26-16)27-18-7-9-25-31(18)3)11-19-28-29-21(32(19)20)17(24-13-33)10-14-4-5-14/h6-9,11-14,17H,4-5,10H2,1-3H3,(H,24,33)(H,23,26,27)/t17-/m1/s1. The molecule has 2 N–H and O–H groups in total. The van der Waals surface area contributed by atoms with Gasteiger partial charge in [0, 0.05) is 39.0 Å². The smallest absolute Gasteiger partial charge is 0.228 e. The molecule has 170 valence electrons. The summed E-state index contributed by atoms with van der Waals surface area (Å²) < 4.78 is 3.72. The van der Waals surface area contributed by atoms with E-state index >= 15 is 0 Å². The maximum Gasteiger partial charge on any atom is 0.228 e. The van der Waals surface area contributed by atoms with Gasteiger partial charge in [0.05, 0.1) is 17.9 Å². The molecule has 4 heterocycles. The van der Waals surface area contributed by atoms with Crippen LogP contribution >= 0.6 is 0 Å². The number of carbonyl (C=O) groups excluding carboxylic acids is 1. The highest BCUT2D eigenvalue weighted by Crippen LogP contribution is 2.38. The van der Waals surface area contributed by atoms with Crippen molar-refractivity contribution in [2.24, 2.45) is 13.0 Å². The van der Waals surface area contributed by atoms with Crippen molar-refractivity contribution in [2.45, 2.75) is 25.3 Å². The lowest BCUT2D eigenvalue weighted by Crippen LogP contribution is -2.24. The number of nitrogens with one attached hydrogen (secondary N) is 2. The monoisotopic (exact) mass is 446 g/mol. The molecule has 11 heteroatoms. The zero-order chi connectivity index (χ0) is 22.9. The van der Waals surface area contributed by atoms with Crippen molar-refractivity contribution in [1.82, 2.24) is 39.7 Å². The third-order valence-electron chi connectivity index (χ3n) is 5.83. The first-order valence-corrected chi connectivity index (χ1v) is 10.9. The Hall–Kier alpha value is -4.02. The summed E-state index contributed by atoms with van der Waals surface area (Å²) in [7, 11) is 5.80. The molecule has 4 aromatic rings. The SMILES string of the molecule is CN(C)c1cc(-c2ccnc(Nc3ccnn3C)n2)cc2nnc([C@@H](CC3CC3)NC=O)n12. The van der Waals surface area contributed by atoms with Gasteiger partial charge in [-0.3, -0.25) is 13.9 Å². The Morgan fingerprint density at radius 3 is 2.76 bits per heavy atom. The molecule has 0 unspecified atom stereocenters. The van der Waals surface area contributed by atoms with Crippen molar-refractivity contribution >= 4 is 29.6 Å². The van der Waals surface area contributed by atoms with E-state index in [4.69, 9.17) is 0 Å². The summed E-state index contributed by atoms with van der Waals surface area (Å²) in [6, 6.07) is 7.54. The molecule has 0 aliphatic heterocycles. The van der Waals surface area contributed by atoms with Gasteiger partial charge in [-0.1, -0.05) is 12.8 Å². The van der Waals surface area contributed by atoms with E-state index in [9.17, 15) is 4.79 Å². The van der Waals surface area contributed by atoms with Gasteiger partial charge in [-0.2, -0.15) is 5.10 Å². The minimum absolute atomic E-state index is 0.178. The van der Waals surface area contributed by atoms with Crippen LogP contribution in [-0.4, -0.2) is 54.9 Å². The van der Waals surface area contributed by atoms with Crippen LogP contribution in [0.1, 0.15) is 31.1 Å². The second kappa shape index (κ2) is 8.49. The number of rotatable bonds is 9. The van der Waals surface area contributed by atoms with Gasteiger partial charge in [0.25, 0.3) is 0 Å². The summed E-state index contributed by atoms with van der Waals surface area (Å²) >= 11 is 0. The largest absolute Gasteiger partial charge is 0.364 e. The molecule has 1 fully saturated rings. The number of hydrogen-bond acceptors (Lipinski definition) is 8. The number of aromatic nitrogens is 7. The van der Waals surface area contributed by atoms with Crippen molar-refractivity contribution in [1.29, 1.82) is 0 Å². The van der Waals surface area contributed by atoms with Crippen LogP contribution in [0.25, 0.3) is 16.9 Å². The Labute approximate surface area is 190 Å². The van der Waals surface area contributed by atoms with Crippen LogP contribution in [0.4, 0.5) is 17.6 Å². The zero-order valence-electron chi connectivity index (χ0n) is 18.8. The molecule has 0 radical (unpaired) electrons. The Morgan fingerprint density at radius 1 is 1.21 bits per heavy atom. The Kier molecular flexibility index (Phi) is 5.37. The summed E-state index contributed by atoms with van der Waals surface area (Å²) in [5.74, 6) is 3.53. The lowest BCUT2D eigenvalue weighted by molar-refractivity contribution is -0.110. The maximum absolute atomic E-state index is 11.3. The van der Waals surface area contributed by atoms with Crippen molar-refractivity contribution in [3.8, 4) is 11.3 Å². The number of pyridine rings is 1. The topological polar surface area (TPSA) is 118 Å². The molecule has 11 nitrogen and oxygen atoms in total. The maximum atomic E-state index is 11.3. The minimum Gasteiger partial charge on any atom is -0.364 e. The van der Waals surface area contributed by atoms with Gasteiger partial charge in [0.15, 0.2) is 11.5 Å². The van der Waals surface area contributed by atoms with Crippen LogP contribution < -0.4 is 15.5 Å². The highest BCUT2D eigenvalue weighted by molar-refractivity contribution is 5.70. The fourth-order valence-corrected chi connectivity index (χ4v) is 3.93. The molecular formula is C22H26N10O. The molecule has 1 aliphatic rings. The second-order valence-corrected chi connectivity index (χ2v) is 8.50. The van der Waals surface area contributed by atoms with Crippen LogP contribution in [0.3, 0.4) is 0 Å². The number of hydrogen-bond donors (Lipinski definition) is 2. The predicted octanol–water partition coefficient (Wildman–Crippen LogP) is 2.32. The molecule has 0 spiro atoms. The van der Waals surface area contributed by atoms with E-state index in [0.29, 0.717) is 17.5 Å². The van der Waals surface area contributed by atoms with E-state index in [1.54, 1.807) is 17.1 Å². The van der Waals surface area contributed by atoms with Crippen LogP contribution in [-0.2, 0) is 11.8 Å². The van der Waals surface area contributed by atoms with Gasteiger partial charge < -0.3 is 15.5 Å². The predicted molar refractivity (Wildman–Crippen MR) is 124 cm³/mol. The Morgan fingerprint density at radius 2 is 2.06 bits per heavy atom. The summed E-state index contributed by atoms with van der Waals surface area (Å²) in [6.45, 7) is 0. The number of nitrogens with zero attached hydrogens (tertiary/aromatic N) is 8. The van der Waals surface area contributed by atoms with Crippen molar-refractivity contribution < 1.29 is 4.79 Å². The minimum atomic E-state index is -0.178. The third-order valence-corrected chi connectivity index (χ3v) is 5.83. The number of amides is 1. The molecule has 0 aromatic carbocycles. The van der Waals surface area contributed by atoms with E-state index in [-0.39, 0.29) is 6.04 Å². The summed E-state index contributed by atoms with van der Waals surface area (Å²) in [4.78, 5) is 22.3. The van der Waals surface area contributed by atoms with Crippen LogP contribution in [0.2, 0.25) is 0 Å². The zero-order valence-corrected chi connectivity index (χ0v) is 18.8. The van der Waals surface area contributed by atoms with Crippen molar-refractivity contribution in [2.75, 3.05) is 24.3 Å². The molecule has 0 bridgehead atoms. The number of carbonyl (C=O) groups is 1. The first-order chi connectivity index (χ1) is 16.0. The van der Waals surface area contributed by atoms with E-state index in [1.807, 2.05) is 54.7 Å². The first-order valence-electron chi connectivity index (χ1n) is 10.9. The summed E-state index contributed by atoms with van der Waals surface area (Å²) in [5, 5.41) is 19.2. The molecule has 0 saturated heterocycles. The van der Waals surface area contributed by atoms with E-state index in [1.165, 1.54) is 12.8 Å². The fraction of sp³-hybridized carbons (Fsp3) is 0.364. The van der Waals surface area contributed by atoms with Crippen molar-refractivity contribution in [3.63, 3.8) is 0 Å². The quantitative estimate of drug-likeness (QED) is 0.376. The molecule has 1 atom stereocenters. The summed E-state index contributed by atoms with van der Waals surface area (Å²) in [5.41, 5.74) is 2.34. The van der Waals surface area contributed by atoms with Crippen LogP contribution in [0.5, 0.6) is 0 Å². The van der Waals surface area contributed by atoms with E-state index < -0.39 is 0 Å². The number of anilines is 3.